The largest absolute Gasteiger partial charge is 0.346 e. The Morgan fingerprint density at radius 3 is 2.74 bits per heavy atom. The van der Waals surface area contributed by atoms with Gasteiger partial charge in [0.25, 0.3) is 0 Å². The predicted octanol–water partition coefficient (Wildman–Crippen LogP) is 1.62. The molecule has 1 aromatic rings. The standard InChI is InChI=1S/C13H23N3O2S/c1-3-4-7-15-19(17,18)13-8-12(9-14-2)16(10-13)11-5-6-11/h8,10-11,14-15H,3-7,9H2,1-2H3. The van der Waals surface area contributed by atoms with Crippen molar-refractivity contribution in [2.75, 3.05) is 13.6 Å². The number of nitrogens with zero attached hydrogens (tertiary/aromatic N) is 1. The summed E-state index contributed by atoms with van der Waals surface area (Å²) < 4.78 is 29.1. The molecule has 19 heavy (non-hydrogen) atoms. The Hall–Kier alpha value is -0.850. The number of sulfonamides is 1. The third-order valence-corrected chi connectivity index (χ3v) is 4.77. The Bertz CT molecular complexity index is 518. The van der Waals surface area contributed by atoms with E-state index in [9.17, 15) is 8.42 Å². The van der Waals surface area contributed by atoms with E-state index in [-0.39, 0.29) is 0 Å². The van der Waals surface area contributed by atoms with Crippen LogP contribution in [0.3, 0.4) is 0 Å². The van der Waals surface area contributed by atoms with E-state index in [2.05, 4.69) is 14.6 Å². The first kappa shape index (κ1) is 14.6. The summed E-state index contributed by atoms with van der Waals surface area (Å²) in [4.78, 5) is 0.390. The average Bonchev–Trinajstić information content (AvgIpc) is 3.11. The van der Waals surface area contributed by atoms with Crippen molar-refractivity contribution < 1.29 is 8.42 Å². The van der Waals surface area contributed by atoms with Gasteiger partial charge in [0.15, 0.2) is 0 Å². The molecular formula is C13H23N3O2S. The molecule has 2 rings (SSSR count). The van der Waals surface area contributed by atoms with Crippen LogP contribution in [-0.4, -0.2) is 26.6 Å². The van der Waals surface area contributed by atoms with Crippen LogP contribution < -0.4 is 10.0 Å². The van der Waals surface area contributed by atoms with Gasteiger partial charge in [0, 0.05) is 31.0 Å². The maximum Gasteiger partial charge on any atom is 0.242 e. The lowest BCUT2D eigenvalue weighted by atomic mass is 10.3. The van der Waals surface area contributed by atoms with Crippen LogP contribution in [0.1, 0.15) is 44.3 Å². The van der Waals surface area contributed by atoms with Gasteiger partial charge in [-0.25, -0.2) is 13.1 Å². The van der Waals surface area contributed by atoms with Crippen LogP contribution >= 0.6 is 0 Å². The fourth-order valence-corrected chi connectivity index (χ4v) is 3.25. The highest BCUT2D eigenvalue weighted by Crippen LogP contribution is 2.37. The van der Waals surface area contributed by atoms with E-state index in [0.29, 0.717) is 24.0 Å². The lowest BCUT2D eigenvalue weighted by Crippen LogP contribution is -2.24. The average molecular weight is 285 g/mol. The van der Waals surface area contributed by atoms with Crippen LogP contribution in [-0.2, 0) is 16.6 Å². The molecule has 0 spiro atoms. The number of nitrogens with one attached hydrogen (secondary N) is 2. The summed E-state index contributed by atoms with van der Waals surface area (Å²) in [5.41, 5.74) is 1.04. The molecule has 0 amide bonds. The summed E-state index contributed by atoms with van der Waals surface area (Å²) in [6.07, 6.45) is 5.92. The SMILES string of the molecule is CCCCNS(=O)(=O)c1cc(CNC)n(C2CC2)c1. The topological polar surface area (TPSA) is 63.1 Å². The van der Waals surface area contributed by atoms with Crippen LogP contribution in [0.25, 0.3) is 0 Å². The first-order chi connectivity index (χ1) is 9.08. The number of hydrogen-bond donors (Lipinski definition) is 2. The fraction of sp³-hybridized carbons (Fsp3) is 0.692. The van der Waals surface area contributed by atoms with Crippen molar-refractivity contribution in [3.05, 3.63) is 18.0 Å². The molecule has 1 aliphatic carbocycles. The Balaban J connectivity index is 2.17. The molecule has 2 N–H and O–H groups in total. The van der Waals surface area contributed by atoms with Crippen molar-refractivity contribution in [2.24, 2.45) is 0 Å². The highest BCUT2D eigenvalue weighted by atomic mass is 32.2. The van der Waals surface area contributed by atoms with Gasteiger partial charge in [-0.05, 0) is 32.4 Å². The predicted molar refractivity (Wildman–Crippen MR) is 75.6 cm³/mol. The molecule has 0 unspecified atom stereocenters. The highest BCUT2D eigenvalue weighted by Gasteiger charge is 2.27. The minimum Gasteiger partial charge on any atom is -0.346 e. The molecule has 6 heteroatoms. The Labute approximate surface area is 115 Å². The third-order valence-electron chi connectivity index (χ3n) is 3.34. The molecule has 1 aromatic heterocycles. The van der Waals surface area contributed by atoms with Crippen LogP contribution in [0.2, 0.25) is 0 Å². The molecule has 5 nitrogen and oxygen atoms in total. The minimum absolute atomic E-state index is 0.390. The number of unbranched alkanes of at least 4 members (excludes halogenated alkanes) is 1. The van der Waals surface area contributed by atoms with Crippen molar-refractivity contribution in [3.8, 4) is 0 Å². The number of hydrogen-bond acceptors (Lipinski definition) is 3. The molecule has 0 radical (unpaired) electrons. The van der Waals surface area contributed by atoms with E-state index in [1.807, 2.05) is 14.0 Å². The molecule has 1 fully saturated rings. The molecule has 0 bridgehead atoms. The molecule has 0 atom stereocenters. The molecule has 1 aliphatic rings. The molecule has 1 heterocycles. The lowest BCUT2D eigenvalue weighted by Gasteiger charge is -2.05. The van der Waals surface area contributed by atoms with Gasteiger partial charge in [0.1, 0.15) is 0 Å². The fourth-order valence-electron chi connectivity index (χ4n) is 2.13. The van der Waals surface area contributed by atoms with Gasteiger partial charge in [-0.15, -0.1) is 0 Å². The van der Waals surface area contributed by atoms with Crippen LogP contribution in [0.5, 0.6) is 0 Å². The molecule has 1 saturated carbocycles. The van der Waals surface area contributed by atoms with E-state index in [1.54, 1.807) is 12.3 Å². The molecular weight excluding hydrogens is 262 g/mol. The van der Waals surface area contributed by atoms with Gasteiger partial charge in [-0.2, -0.15) is 0 Å². The van der Waals surface area contributed by atoms with E-state index >= 15 is 0 Å². The first-order valence-corrected chi connectivity index (χ1v) is 8.42. The zero-order valence-electron chi connectivity index (χ0n) is 11.6. The lowest BCUT2D eigenvalue weighted by molar-refractivity contribution is 0.578. The van der Waals surface area contributed by atoms with E-state index in [4.69, 9.17) is 0 Å². The molecule has 0 aliphatic heterocycles. The second kappa shape index (κ2) is 6.07. The van der Waals surface area contributed by atoms with Crippen LogP contribution in [0.15, 0.2) is 17.2 Å². The summed E-state index contributed by atoms with van der Waals surface area (Å²) in [6, 6.07) is 2.27. The van der Waals surface area contributed by atoms with Crippen molar-refractivity contribution in [2.45, 2.75) is 50.1 Å². The van der Waals surface area contributed by atoms with E-state index in [1.165, 1.54) is 0 Å². The monoisotopic (exact) mass is 285 g/mol. The summed E-state index contributed by atoms with van der Waals surface area (Å²) in [5.74, 6) is 0. The summed E-state index contributed by atoms with van der Waals surface area (Å²) in [7, 11) is -1.48. The van der Waals surface area contributed by atoms with Crippen molar-refractivity contribution in [1.29, 1.82) is 0 Å². The van der Waals surface area contributed by atoms with Crippen molar-refractivity contribution in [1.82, 2.24) is 14.6 Å². The van der Waals surface area contributed by atoms with Crippen molar-refractivity contribution in [3.63, 3.8) is 0 Å². The van der Waals surface area contributed by atoms with E-state index < -0.39 is 10.0 Å². The van der Waals surface area contributed by atoms with Crippen LogP contribution in [0, 0.1) is 0 Å². The van der Waals surface area contributed by atoms with Gasteiger partial charge in [0.05, 0.1) is 4.90 Å². The quantitative estimate of drug-likeness (QED) is 0.713. The Morgan fingerprint density at radius 2 is 2.16 bits per heavy atom. The summed E-state index contributed by atoms with van der Waals surface area (Å²) in [5, 5.41) is 3.09. The third kappa shape index (κ3) is 3.58. The maximum atomic E-state index is 12.2. The summed E-state index contributed by atoms with van der Waals surface area (Å²) >= 11 is 0. The second-order valence-corrected chi connectivity index (χ2v) is 6.85. The Morgan fingerprint density at radius 1 is 1.42 bits per heavy atom. The zero-order valence-corrected chi connectivity index (χ0v) is 12.5. The molecule has 0 aromatic carbocycles. The van der Waals surface area contributed by atoms with Gasteiger partial charge in [-0.3, -0.25) is 0 Å². The number of rotatable bonds is 8. The smallest absolute Gasteiger partial charge is 0.242 e. The first-order valence-electron chi connectivity index (χ1n) is 6.93. The van der Waals surface area contributed by atoms with Crippen LogP contribution in [0.4, 0.5) is 0 Å². The minimum atomic E-state index is -3.36. The second-order valence-electron chi connectivity index (χ2n) is 5.09. The number of aromatic nitrogens is 1. The molecule has 0 saturated heterocycles. The van der Waals surface area contributed by atoms with Gasteiger partial charge in [0.2, 0.25) is 10.0 Å². The van der Waals surface area contributed by atoms with Gasteiger partial charge >= 0.3 is 0 Å². The van der Waals surface area contributed by atoms with Gasteiger partial charge < -0.3 is 9.88 Å². The zero-order chi connectivity index (χ0) is 13.9. The Kier molecular flexibility index (Phi) is 4.65. The summed E-state index contributed by atoms with van der Waals surface area (Å²) in [6.45, 7) is 3.25. The van der Waals surface area contributed by atoms with E-state index in [0.717, 1.165) is 31.4 Å². The molecule has 108 valence electrons. The maximum absolute atomic E-state index is 12.2. The normalized spacial score (nSPS) is 15.9. The highest BCUT2D eigenvalue weighted by molar-refractivity contribution is 7.89. The van der Waals surface area contributed by atoms with Gasteiger partial charge in [-0.1, -0.05) is 13.3 Å². The van der Waals surface area contributed by atoms with Crippen molar-refractivity contribution >= 4 is 10.0 Å².